The summed E-state index contributed by atoms with van der Waals surface area (Å²) in [6.45, 7) is 2.04. The normalized spacial score (nSPS) is 12.1. The smallest absolute Gasteiger partial charge is 0.260 e. The average molecular weight is 404 g/mol. The number of benzene rings is 2. The minimum Gasteiger partial charge on any atom is -0.483 e. The molecule has 3 aromatic rings. The summed E-state index contributed by atoms with van der Waals surface area (Å²) in [5.41, 5.74) is 0. The Balaban J connectivity index is 1.69. The van der Waals surface area contributed by atoms with E-state index in [-0.39, 0.29) is 18.6 Å². The van der Waals surface area contributed by atoms with E-state index in [2.05, 4.69) is 15.9 Å². The van der Waals surface area contributed by atoms with E-state index in [4.69, 9.17) is 4.74 Å². The van der Waals surface area contributed by atoms with Crippen LogP contribution in [0.4, 0.5) is 0 Å². The lowest BCUT2D eigenvalue weighted by molar-refractivity contribution is -0.133. The van der Waals surface area contributed by atoms with Gasteiger partial charge in [0.1, 0.15) is 5.75 Å². The summed E-state index contributed by atoms with van der Waals surface area (Å²) in [6, 6.07) is 16.0. The van der Waals surface area contributed by atoms with Crippen molar-refractivity contribution in [3.05, 3.63) is 63.3 Å². The maximum atomic E-state index is 12.4. The standard InChI is InChI=1S/C19H18BrNO2S/c1-13(17-8-5-11-24-17)21(2)18(22)12-23-16-10-9-14-6-3-4-7-15(14)19(16)20/h3-11,13H,12H2,1-2H3/t13-/m1/s1. The Morgan fingerprint density at radius 1 is 1.21 bits per heavy atom. The Labute approximate surface area is 154 Å². The molecule has 5 heteroatoms. The number of rotatable bonds is 5. The fourth-order valence-electron chi connectivity index (χ4n) is 2.50. The number of carbonyl (C=O) groups excluding carboxylic acids is 1. The zero-order valence-electron chi connectivity index (χ0n) is 13.5. The largest absolute Gasteiger partial charge is 0.483 e. The molecule has 0 aliphatic carbocycles. The zero-order chi connectivity index (χ0) is 17.1. The van der Waals surface area contributed by atoms with Crippen molar-refractivity contribution in [2.45, 2.75) is 13.0 Å². The first-order valence-electron chi connectivity index (χ1n) is 7.67. The molecule has 1 aromatic heterocycles. The Morgan fingerprint density at radius 2 is 2.00 bits per heavy atom. The highest BCUT2D eigenvalue weighted by atomic mass is 79.9. The molecule has 1 atom stereocenters. The molecule has 3 nitrogen and oxygen atoms in total. The number of nitrogens with zero attached hydrogens (tertiary/aromatic N) is 1. The van der Waals surface area contributed by atoms with E-state index in [9.17, 15) is 4.79 Å². The molecular formula is C19H18BrNO2S. The molecule has 0 N–H and O–H groups in total. The number of hydrogen-bond acceptors (Lipinski definition) is 3. The number of likely N-dealkylation sites (N-methyl/N-ethyl adjacent to an activating group) is 1. The van der Waals surface area contributed by atoms with Gasteiger partial charge >= 0.3 is 0 Å². The molecule has 0 saturated heterocycles. The predicted octanol–water partition coefficient (Wildman–Crippen LogP) is 5.26. The van der Waals surface area contributed by atoms with Crippen molar-refractivity contribution in [1.29, 1.82) is 0 Å². The molecule has 0 saturated carbocycles. The molecule has 0 bridgehead atoms. The van der Waals surface area contributed by atoms with E-state index >= 15 is 0 Å². The molecule has 0 aliphatic heterocycles. The van der Waals surface area contributed by atoms with Crippen LogP contribution >= 0.6 is 27.3 Å². The second-order valence-corrected chi connectivity index (χ2v) is 7.36. The van der Waals surface area contributed by atoms with Crippen LogP contribution in [0, 0.1) is 0 Å². The number of thiophene rings is 1. The van der Waals surface area contributed by atoms with E-state index in [1.54, 1.807) is 16.2 Å². The van der Waals surface area contributed by atoms with Crippen LogP contribution < -0.4 is 4.74 Å². The second kappa shape index (κ2) is 7.36. The van der Waals surface area contributed by atoms with Crippen LogP contribution in [0.25, 0.3) is 10.8 Å². The van der Waals surface area contributed by atoms with E-state index in [0.29, 0.717) is 5.75 Å². The third-order valence-electron chi connectivity index (χ3n) is 4.11. The summed E-state index contributed by atoms with van der Waals surface area (Å²) < 4.78 is 6.64. The quantitative estimate of drug-likeness (QED) is 0.581. The zero-order valence-corrected chi connectivity index (χ0v) is 15.9. The van der Waals surface area contributed by atoms with Gasteiger partial charge in [-0.1, -0.05) is 36.4 Å². The van der Waals surface area contributed by atoms with Crippen molar-refractivity contribution in [2.75, 3.05) is 13.7 Å². The molecule has 1 heterocycles. The highest BCUT2D eigenvalue weighted by molar-refractivity contribution is 9.10. The highest BCUT2D eigenvalue weighted by Gasteiger charge is 2.19. The van der Waals surface area contributed by atoms with Crippen molar-refractivity contribution in [3.63, 3.8) is 0 Å². The number of carbonyl (C=O) groups is 1. The molecule has 1 amide bonds. The van der Waals surface area contributed by atoms with Crippen LogP contribution in [0.15, 0.2) is 58.4 Å². The van der Waals surface area contributed by atoms with Crippen molar-refractivity contribution in [1.82, 2.24) is 4.90 Å². The first kappa shape index (κ1) is 17.0. The lowest BCUT2D eigenvalue weighted by Gasteiger charge is -2.24. The van der Waals surface area contributed by atoms with Crippen LogP contribution in [0.5, 0.6) is 5.75 Å². The SMILES string of the molecule is C[C@H](c1cccs1)N(C)C(=O)COc1ccc2ccccc2c1Br. The molecular weight excluding hydrogens is 386 g/mol. The molecule has 0 radical (unpaired) electrons. The lowest BCUT2D eigenvalue weighted by atomic mass is 10.1. The van der Waals surface area contributed by atoms with Gasteiger partial charge in [0.05, 0.1) is 10.5 Å². The summed E-state index contributed by atoms with van der Waals surface area (Å²) >= 11 is 5.23. The van der Waals surface area contributed by atoms with Crippen LogP contribution in [0.1, 0.15) is 17.8 Å². The lowest BCUT2D eigenvalue weighted by Crippen LogP contribution is -2.33. The predicted molar refractivity (Wildman–Crippen MR) is 103 cm³/mol. The number of amides is 1. The highest BCUT2D eigenvalue weighted by Crippen LogP contribution is 2.33. The van der Waals surface area contributed by atoms with Gasteiger partial charge in [-0.2, -0.15) is 0 Å². The summed E-state index contributed by atoms with van der Waals surface area (Å²) in [4.78, 5) is 15.3. The van der Waals surface area contributed by atoms with Gasteiger partial charge in [-0.15, -0.1) is 11.3 Å². The van der Waals surface area contributed by atoms with Crippen molar-refractivity contribution >= 4 is 43.9 Å². The van der Waals surface area contributed by atoms with Gasteiger partial charge < -0.3 is 9.64 Å². The molecule has 0 unspecified atom stereocenters. The van der Waals surface area contributed by atoms with Crippen LogP contribution in [-0.4, -0.2) is 24.5 Å². The van der Waals surface area contributed by atoms with E-state index in [0.717, 1.165) is 20.1 Å². The Morgan fingerprint density at radius 3 is 2.75 bits per heavy atom. The summed E-state index contributed by atoms with van der Waals surface area (Å²) in [5.74, 6) is 0.634. The van der Waals surface area contributed by atoms with Gasteiger partial charge in [0.2, 0.25) is 0 Å². The van der Waals surface area contributed by atoms with E-state index < -0.39 is 0 Å². The minimum absolute atomic E-state index is 0.0170. The van der Waals surface area contributed by atoms with Gasteiger partial charge in [-0.3, -0.25) is 4.79 Å². The van der Waals surface area contributed by atoms with Gasteiger partial charge in [0.15, 0.2) is 6.61 Å². The summed E-state index contributed by atoms with van der Waals surface area (Å²) in [5, 5.41) is 4.22. The first-order valence-corrected chi connectivity index (χ1v) is 9.34. The first-order chi connectivity index (χ1) is 11.6. The third kappa shape index (κ3) is 3.47. The summed E-state index contributed by atoms with van der Waals surface area (Å²) in [7, 11) is 1.81. The minimum atomic E-state index is -0.0454. The molecule has 124 valence electrons. The Bertz CT molecular complexity index is 848. The second-order valence-electron chi connectivity index (χ2n) is 5.58. The van der Waals surface area contributed by atoms with Crippen LogP contribution in [0.2, 0.25) is 0 Å². The molecule has 0 aliphatic rings. The van der Waals surface area contributed by atoms with Crippen molar-refractivity contribution in [3.8, 4) is 5.75 Å². The number of hydrogen-bond donors (Lipinski definition) is 0. The number of fused-ring (bicyclic) bond motifs is 1. The van der Waals surface area contributed by atoms with E-state index in [1.807, 2.05) is 67.9 Å². The summed E-state index contributed by atoms with van der Waals surface area (Å²) in [6.07, 6.45) is 0. The van der Waals surface area contributed by atoms with Gasteiger partial charge in [0, 0.05) is 11.9 Å². The molecule has 3 rings (SSSR count). The van der Waals surface area contributed by atoms with Gasteiger partial charge in [0.25, 0.3) is 5.91 Å². The molecule has 24 heavy (non-hydrogen) atoms. The van der Waals surface area contributed by atoms with Gasteiger partial charge in [-0.05, 0) is 51.1 Å². The maximum absolute atomic E-state index is 12.4. The average Bonchev–Trinajstić information content (AvgIpc) is 3.14. The van der Waals surface area contributed by atoms with Crippen LogP contribution in [-0.2, 0) is 4.79 Å². The molecule has 2 aromatic carbocycles. The molecule has 0 fully saturated rings. The van der Waals surface area contributed by atoms with E-state index in [1.165, 1.54) is 0 Å². The topological polar surface area (TPSA) is 29.5 Å². The molecule has 0 spiro atoms. The van der Waals surface area contributed by atoms with Crippen LogP contribution in [0.3, 0.4) is 0 Å². The Hall–Kier alpha value is -1.85. The van der Waals surface area contributed by atoms with Gasteiger partial charge in [-0.25, -0.2) is 0 Å². The third-order valence-corrected chi connectivity index (χ3v) is 5.97. The van der Waals surface area contributed by atoms with Crippen molar-refractivity contribution < 1.29 is 9.53 Å². The fourth-order valence-corrected chi connectivity index (χ4v) is 3.94. The Kier molecular flexibility index (Phi) is 5.21. The fraction of sp³-hybridized carbons (Fsp3) is 0.211. The van der Waals surface area contributed by atoms with Crippen molar-refractivity contribution in [2.24, 2.45) is 0 Å². The maximum Gasteiger partial charge on any atom is 0.260 e. The monoisotopic (exact) mass is 403 g/mol. The number of halogens is 1. The number of ether oxygens (including phenoxy) is 1.